The summed E-state index contributed by atoms with van der Waals surface area (Å²) in [6, 6.07) is 2.07. The summed E-state index contributed by atoms with van der Waals surface area (Å²) in [5.41, 5.74) is -0.590. The van der Waals surface area contributed by atoms with Gasteiger partial charge in [-0.3, -0.25) is 4.79 Å². The lowest BCUT2D eigenvalue weighted by Crippen LogP contribution is -2.50. The van der Waals surface area contributed by atoms with Gasteiger partial charge in [0.25, 0.3) is 5.91 Å². The third-order valence-corrected chi connectivity index (χ3v) is 4.89. The van der Waals surface area contributed by atoms with Crippen molar-refractivity contribution in [3.05, 3.63) is 34.9 Å². The van der Waals surface area contributed by atoms with E-state index in [0.29, 0.717) is 12.2 Å². The van der Waals surface area contributed by atoms with E-state index < -0.39 is 27.7 Å². The highest BCUT2D eigenvalue weighted by Gasteiger charge is 2.38. The molecular formula is C16H19F3N4O3S. The summed E-state index contributed by atoms with van der Waals surface area (Å²) in [5, 5.41) is 3.47. The van der Waals surface area contributed by atoms with Crippen LogP contribution in [0.15, 0.2) is 18.2 Å². The highest BCUT2D eigenvalue weighted by Crippen LogP contribution is 2.41. The van der Waals surface area contributed by atoms with Gasteiger partial charge in [0, 0.05) is 30.5 Å². The molecule has 148 valence electrons. The molecule has 27 heavy (non-hydrogen) atoms. The second-order valence-corrected chi connectivity index (χ2v) is 8.51. The second-order valence-electron chi connectivity index (χ2n) is 6.78. The zero-order valence-electron chi connectivity index (χ0n) is 14.9. The number of alkyl halides is 3. The van der Waals surface area contributed by atoms with Gasteiger partial charge >= 0.3 is 6.18 Å². The Morgan fingerprint density at radius 2 is 1.93 bits per heavy atom. The quantitative estimate of drug-likeness (QED) is 0.805. The molecule has 2 N–H and O–H groups in total. The van der Waals surface area contributed by atoms with Crippen LogP contribution in [0.4, 0.5) is 18.9 Å². The normalized spacial score (nSPS) is 20.4. The fourth-order valence-electron chi connectivity index (χ4n) is 3.30. The number of sulfonamides is 1. The molecule has 0 saturated heterocycles. The Hall–Kier alpha value is -2.27. The fraction of sp³-hybridized carbons (Fsp3) is 0.438. The molecule has 2 aliphatic heterocycles. The molecule has 11 heteroatoms. The fourth-order valence-corrected chi connectivity index (χ4v) is 3.85. The number of carbonyl (C=O) groups is 1. The summed E-state index contributed by atoms with van der Waals surface area (Å²) in [7, 11) is -2.03. The predicted molar refractivity (Wildman–Crippen MR) is 93.9 cm³/mol. The highest BCUT2D eigenvalue weighted by molar-refractivity contribution is 7.88. The molecule has 0 spiro atoms. The molecule has 2 heterocycles. The number of carbonyl (C=O) groups excluding carboxylic acids is 1. The van der Waals surface area contributed by atoms with Crippen molar-refractivity contribution in [3.63, 3.8) is 0 Å². The van der Waals surface area contributed by atoms with Crippen LogP contribution in [-0.4, -0.2) is 50.8 Å². The lowest BCUT2D eigenvalue weighted by molar-refractivity contribution is -0.137. The van der Waals surface area contributed by atoms with E-state index in [1.807, 2.05) is 11.8 Å². The maximum absolute atomic E-state index is 13.6. The highest BCUT2D eigenvalue weighted by atomic mass is 32.2. The number of hydrogen-bond donors (Lipinski definition) is 2. The summed E-state index contributed by atoms with van der Waals surface area (Å²) in [6.07, 6.45) is -2.00. The van der Waals surface area contributed by atoms with Gasteiger partial charge in [0.1, 0.15) is 6.67 Å². The molecule has 0 radical (unpaired) electrons. The van der Waals surface area contributed by atoms with Crippen LogP contribution >= 0.6 is 0 Å². The van der Waals surface area contributed by atoms with Gasteiger partial charge in [-0.05, 0) is 18.1 Å². The first kappa shape index (κ1) is 19.5. The van der Waals surface area contributed by atoms with Gasteiger partial charge < -0.3 is 10.2 Å². The Labute approximate surface area is 154 Å². The van der Waals surface area contributed by atoms with E-state index >= 15 is 0 Å². The van der Waals surface area contributed by atoms with E-state index in [0.717, 1.165) is 17.3 Å². The van der Waals surface area contributed by atoms with Crippen molar-refractivity contribution in [3.8, 4) is 0 Å². The third kappa shape index (κ3) is 3.88. The number of rotatable bonds is 3. The molecule has 0 bridgehead atoms. The summed E-state index contributed by atoms with van der Waals surface area (Å²) in [5.74, 6) is -0.655. The number of benzene rings is 1. The summed E-state index contributed by atoms with van der Waals surface area (Å²) in [6.45, 7) is 2.17. The number of nitrogens with zero attached hydrogens (tertiary/aromatic N) is 2. The third-order valence-electron chi connectivity index (χ3n) is 4.33. The standard InChI is InChI=1S/C16H19F3N4O3S/c1-9-4-14(22(2)7-9)10-5-11-13(6-12(10)16(17,18)19)20-8-23(15(11)24)21-27(3,25)26/h4-6,9,20-21H,7-8H2,1-3H3. The molecular weight excluding hydrogens is 385 g/mol. The van der Waals surface area contributed by atoms with Gasteiger partial charge in [0.05, 0.1) is 17.4 Å². The largest absolute Gasteiger partial charge is 0.417 e. The van der Waals surface area contributed by atoms with Crippen LogP contribution in [0.5, 0.6) is 0 Å². The van der Waals surface area contributed by atoms with Crippen LogP contribution in [0.25, 0.3) is 5.70 Å². The zero-order chi connectivity index (χ0) is 20.1. The van der Waals surface area contributed by atoms with Crippen LogP contribution in [0.1, 0.15) is 28.4 Å². The van der Waals surface area contributed by atoms with E-state index in [-0.39, 0.29) is 29.4 Å². The van der Waals surface area contributed by atoms with Gasteiger partial charge in [-0.2, -0.15) is 13.2 Å². The Kier molecular flexibility index (Phi) is 4.63. The molecule has 1 aromatic carbocycles. The molecule has 1 amide bonds. The first-order chi connectivity index (χ1) is 12.4. The molecule has 0 aliphatic carbocycles. The van der Waals surface area contributed by atoms with Crippen molar-refractivity contribution in [2.24, 2.45) is 5.92 Å². The average molecular weight is 404 g/mol. The van der Waals surface area contributed by atoms with E-state index in [1.54, 1.807) is 18.0 Å². The maximum Gasteiger partial charge on any atom is 0.417 e. The van der Waals surface area contributed by atoms with Crippen LogP contribution in [0, 0.1) is 5.92 Å². The minimum atomic E-state index is -4.61. The Morgan fingerprint density at radius 1 is 1.26 bits per heavy atom. The molecule has 0 fully saturated rings. The lowest BCUT2D eigenvalue weighted by Gasteiger charge is -2.31. The monoisotopic (exact) mass is 404 g/mol. The Morgan fingerprint density at radius 3 is 2.44 bits per heavy atom. The maximum atomic E-state index is 13.6. The molecule has 1 unspecified atom stereocenters. The van der Waals surface area contributed by atoms with Gasteiger partial charge in [-0.1, -0.05) is 13.0 Å². The molecule has 2 aliphatic rings. The number of fused-ring (bicyclic) bond motifs is 1. The van der Waals surface area contributed by atoms with E-state index in [9.17, 15) is 26.4 Å². The zero-order valence-corrected chi connectivity index (χ0v) is 15.7. The number of anilines is 1. The van der Waals surface area contributed by atoms with E-state index in [1.165, 1.54) is 6.07 Å². The SMILES string of the molecule is CC1C=C(c2cc3c(cc2C(F)(F)F)NCN(NS(C)(=O)=O)C3=O)N(C)C1. The molecule has 0 saturated carbocycles. The van der Waals surface area contributed by atoms with Gasteiger partial charge in [0.2, 0.25) is 10.0 Å². The number of hydrogen-bond acceptors (Lipinski definition) is 5. The number of amides is 1. The summed E-state index contributed by atoms with van der Waals surface area (Å²) >= 11 is 0. The van der Waals surface area contributed by atoms with Gasteiger partial charge in [-0.25, -0.2) is 13.4 Å². The molecule has 1 atom stereocenters. The minimum Gasteiger partial charge on any atom is -0.374 e. The number of hydrazine groups is 1. The average Bonchev–Trinajstić information content (AvgIpc) is 2.85. The molecule has 3 rings (SSSR count). The van der Waals surface area contributed by atoms with Gasteiger partial charge in [0.15, 0.2) is 0 Å². The van der Waals surface area contributed by atoms with Crippen molar-refractivity contribution in [1.29, 1.82) is 0 Å². The Balaban J connectivity index is 2.12. The van der Waals surface area contributed by atoms with Crippen molar-refractivity contribution >= 4 is 27.3 Å². The van der Waals surface area contributed by atoms with Crippen molar-refractivity contribution in [1.82, 2.24) is 14.7 Å². The number of nitrogens with one attached hydrogen (secondary N) is 2. The smallest absolute Gasteiger partial charge is 0.374 e. The molecule has 7 nitrogen and oxygen atoms in total. The van der Waals surface area contributed by atoms with Crippen LogP contribution < -0.4 is 10.1 Å². The van der Waals surface area contributed by atoms with E-state index in [2.05, 4.69) is 5.32 Å². The van der Waals surface area contributed by atoms with Crippen LogP contribution in [0.3, 0.4) is 0 Å². The molecule has 0 aromatic heterocycles. The van der Waals surface area contributed by atoms with Crippen LogP contribution in [0.2, 0.25) is 0 Å². The first-order valence-electron chi connectivity index (χ1n) is 8.08. The van der Waals surface area contributed by atoms with Crippen molar-refractivity contribution in [2.45, 2.75) is 13.1 Å². The molecule has 1 aromatic rings. The minimum absolute atomic E-state index is 0.0110. The lowest BCUT2D eigenvalue weighted by atomic mass is 9.97. The van der Waals surface area contributed by atoms with Gasteiger partial charge in [-0.15, -0.1) is 4.83 Å². The van der Waals surface area contributed by atoms with E-state index in [4.69, 9.17) is 0 Å². The number of halogens is 3. The first-order valence-corrected chi connectivity index (χ1v) is 9.97. The Bertz CT molecular complexity index is 928. The topological polar surface area (TPSA) is 81.7 Å². The van der Waals surface area contributed by atoms with Crippen molar-refractivity contribution in [2.75, 3.05) is 31.8 Å². The van der Waals surface area contributed by atoms with Crippen molar-refractivity contribution < 1.29 is 26.4 Å². The predicted octanol–water partition coefficient (Wildman–Crippen LogP) is 1.92. The summed E-state index contributed by atoms with van der Waals surface area (Å²) in [4.78, 5) is 16.4. The summed E-state index contributed by atoms with van der Waals surface area (Å²) < 4.78 is 63.7. The second kappa shape index (κ2) is 6.41. The van der Waals surface area contributed by atoms with Crippen LogP contribution in [-0.2, 0) is 16.2 Å².